The SMILES string of the molecule is Clc1nc(-c2ccccc2)nc(-c2ccc(-c3cccc4c3sc3ccccc34)cc2)n1. The molecule has 4 aromatic carbocycles. The molecule has 32 heavy (non-hydrogen) atoms. The zero-order valence-electron chi connectivity index (χ0n) is 16.9. The van der Waals surface area contributed by atoms with Crippen LogP contribution in [0.1, 0.15) is 0 Å². The van der Waals surface area contributed by atoms with Gasteiger partial charge in [-0.2, -0.15) is 9.97 Å². The van der Waals surface area contributed by atoms with E-state index in [1.54, 1.807) is 0 Å². The van der Waals surface area contributed by atoms with Crippen LogP contribution in [0.4, 0.5) is 0 Å². The van der Waals surface area contributed by atoms with Gasteiger partial charge >= 0.3 is 0 Å². The van der Waals surface area contributed by atoms with E-state index >= 15 is 0 Å². The molecule has 0 fully saturated rings. The van der Waals surface area contributed by atoms with Gasteiger partial charge in [-0.3, -0.25) is 0 Å². The molecule has 0 aliphatic heterocycles. The monoisotopic (exact) mass is 449 g/mol. The number of benzene rings is 4. The first-order valence-electron chi connectivity index (χ1n) is 10.2. The van der Waals surface area contributed by atoms with Gasteiger partial charge in [0, 0.05) is 31.3 Å². The highest BCUT2D eigenvalue weighted by Crippen LogP contribution is 2.40. The third-order valence-corrected chi connectivity index (χ3v) is 6.89. The molecule has 0 bridgehead atoms. The number of thiophene rings is 1. The summed E-state index contributed by atoms with van der Waals surface area (Å²) in [7, 11) is 0. The van der Waals surface area contributed by atoms with Crippen LogP contribution in [-0.2, 0) is 0 Å². The van der Waals surface area contributed by atoms with Crippen molar-refractivity contribution in [2.45, 2.75) is 0 Å². The Morgan fingerprint density at radius 3 is 1.94 bits per heavy atom. The van der Waals surface area contributed by atoms with Crippen LogP contribution in [0.5, 0.6) is 0 Å². The molecule has 0 radical (unpaired) electrons. The summed E-state index contributed by atoms with van der Waals surface area (Å²) in [5.74, 6) is 1.13. The highest BCUT2D eigenvalue weighted by molar-refractivity contribution is 7.26. The van der Waals surface area contributed by atoms with E-state index in [4.69, 9.17) is 11.6 Å². The number of aromatic nitrogens is 3. The molecular weight excluding hydrogens is 434 g/mol. The van der Waals surface area contributed by atoms with Gasteiger partial charge in [-0.05, 0) is 28.8 Å². The molecule has 2 heterocycles. The zero-order valence-corrected chi connectivity index (χ0v) is 18.4. The number of hydrogen-bond donors (Lipinski definition) is 0. The van der Waals surface area contributed by atoms with Crippen molar-refractivity contribution in [2.24, 2.45) is 0 Å². The van der Waals surface area contributed by atoms with Gasteiger partial charge in [-0.1, -0.05) is 91.0 Å². The van der Waals surface area contributed by atoms with Crippen LogP contribution in [0, 0.1) is 0 Å². The van der Waals surface area contributed by atoms with E-state index in [1.807, 2.05) is 53.8 Å². The maximum Gasteiger partial charge on any atom is 0.226 e. The minimum atomic E-state index is 0.188. The van der Waals surface area contributed by atoms with Crippen molar-refractivity contribution >= 4 is 43.1 Å². The lowest BCUT2D eigenvalue weighted by atomic mass is 10.0. The molecular formula is C27H16ClN3S. The van der Waals surface area contributed by atoms with Crippen molar-refractivity contribution in [1.29, 1.82) is 0 Å². The second-order valence-corrected chi connectivity index (χ2v) is 8.87. The summed E-state index contributed by atoms with van der Waals surface area (Å²) in [5.41, 5.74) is 4.20. The second-order valence-electron chi connectivity index (χ2n) is 7.48. The lowest BCUT2D eigenvalue weighted by Crippen LogP contribution is -1.97. The fourth-order valence-electron chi connectivity index (χ4n) is 3.97. The Kier molecular flexibility index (Phi) is 4.67. The maximum absolute atomic E-state index is 6.22. The third kappa shape index (κ3) is 3.34. The molecule has 6 aromatic rings. The number of rotatable bonds is 3. The topological polar surface area (TPSA) is 38.7 Å². The summed E-state index contributed by atoms with van der Waals surface area (Å²) < 4.78 is 2.61. The van der Waals surface area contributed by atoms with Crippen LogP contribution >= 0.6 is 22.9 Å². The Morgan fingerprint density at radius 1 is 0.531 bits per heavy atom. The lowest BCUT2D eigenvalue weighted by Gasteiger charge is -2.07. The first kappa shape index (κ1) is 19.1. The van der Waals surface area contributed by atoms with Gasteiger partial charge in [0.25, 0.3) is 0 Å². The summed E-state index contributed by atoms with van der Waals surface area (Å²) in [6.45, 7) is 0. The molecule has 0 N–H and O–H groups in total. The molecule has 0 atom stereocenters. The Balaban J connectivity index is 1.42. The molecule has 3 nitrogen and oxygen atoms in total. The molecule has 0 saturated carbocycles. The van der Waals surface area contributed by atoms with E-state index in [9.17, 15) is 0 Å². The normalized spacial score (nSPS) is 11.3. The molecule has 152 valence electrons. The van der Waals surface area contributed by atoms with Gasteiger partial charge in [0.1, 0.15) is 0 Å². The summed E-state index contributed by atoms with van der Waals surface area (Å²) in [6, 6.07) is 33.2. The zero-order chi connectivity index (χ0) is 21.5. The summed E-state index contributed by atoms with van der Waals surface area (Å²) in [4.78, 5) is 13.3. The predicted molar refractivity (Wildman–Crippen MR) is 134 cm³/mol. The van der Waals surface area contributed by atoms with Gasteiger partial charge in [0.2, 0.25) is 5.28 Å². The van der Waals surface area contributed by atoms with Crippen molar-refractivity contribution in [3.63, 3.8) is 0 Å². The van der Waals surface area contributed by atoms with Crippen LogP contribution in [-0.4, -0.2) is 15.0 Å². The van der Waals surface area contributed by atoms with Crippen molar-refractivity contribution in [3.05, 3.63) is 102 Å². The number of fused-ring (bicyclic) bond motifs is 3. The van der Waals surface area contributed by atoms with Gasteiger partial charge in [-0.15, -0.1) is 11.3 Å². The predicted octanol–water partition coefficient (Wildman–Crippen LogP) is 7.89. The van der Waals surface area contributed by atoms with E-state index in [-0.39, 0.29) is 5.28 Å². The molecule has 0 spiro atoms. The van der Waals surface area contributed by atoms with E-state index in [1.165, 1.54) is 25.7 Å². The Morgan fingerprint density at radius 2 is 1.16 bits per heavy atom. The Bertz CT molecular complexity index is 1570. The lowest BCUT2D eigenvalue weighted by molar-refractivity contribution is 1.07. The van der Waals surface area contributed by atoms with Crippen LogP contribution in [0.15, 0.2) is 97.1 Å². The molecule has 0 amide bonds. The standard InChI is InChI=1S/C27H16ClN3S/c28-27-30-25(18-7-2-1-3-8-18)29-26(31-27)19-15-13-17(14-16-19)20-10-6-11-22-21-9-4-5-12-23(21)32-24(20)22/h1-16H. The average molecular weight is 450 g/mol. The van der Waals surface area contributed by atoms with Crippen molar-refractivity contribution in [1.82, 2.24) is 15.0 Å². The third-order valence-electron chi connectivity index (χ3n) is 5.50. The molecule has 0 saturated heterocycles. The minimum Gasteiger partial charge on any atom is -0.208 e. The van der Waals surface area contributed by atoms with Crippen LogP contribution in [0.25, 0.3) is 54.1 Å². The van der Waals surface area contributed by atoms with Crippen LogP contribution < -0.4 is 0 Å². The Labute approximate surface area is 194 Å². The maximum atomic E-state index is 6.22. The highest BCUT2D eigenvalue weighted by atomic mass is 35.5. The quantitative estimate of drug-likeness (QED) is 0.275. The van der Waals surface area contributed by atoms with Gasteiger partial charge in [-0.25, -0.2) is 4.98 Å². The van der Waals surface area contributed by atoms with Crippen molar-refractivity contribution in [3.8, 4) is 33.9 Å². The molecule has 0 aliphatic carbocycles. The average Bonchev–Trinajstić information content (AvgIpc) is 3.23. The summed E-state index contributed by atoms with van der Waals surface area (Å²) in [6.07, 6.45) is 0. The first-order valence-corrected chi connectivity index (χ1v) is 11.4. The van der Waals surface area contributed by atoms with Gasteiger partial charge in [0.05, 0.1) is 0 Å². The van der Waals surface area contributed by atoms with E-state index in [0.29, 0.717) is 11.6 Å². The van der Waals surface area contributed by atoms with E-state index in [0.717, 1.165) is 16.7 Å². The smallest absolute Gasteiger partial charge is 0.208 e. The fraction of sp³-hybridized carbons (Fsp3) is 0. The second kappa shape index (κ2) is 7.83. The minimum absolute atomic E-state index is 0.188. The molecule has 2 aromatic heterocycles. The highest BCUT2D eigenvalue weighted by Gasteiger charge is 2.12. The number of nitrogens with zero attached hydrogens (tertiary/aromatic N) is 3. The number of hydrogen-bond acceptors (Lipinski definition) is 4. The summed E-state index contributed by atoms with van der Waals surface area (Å²) in [5, 5.41) is 2.79. The summed E-state index contributed by atoms with van der Waals surface area (Å²) >= 11 is 8.05. The van der Waals surface area contributed by atoms with Crippen molar-refractivity contribution in [2.75, 3.05) is 0 Å². The molecule has 6 rings (SSSR count). The largest absolute Gasteiger partial charge is 0.226 e. The molecule has 5 heteroatoms. The van der Waals surface area contributed by atoms with E-state index in [2.05, 4.69) is 69.5 Å². The van der Waals surface area contributed by atoms with Crippen LogP contribution in [0.2, 0.25) is 5.28 Å². The van der Waals surface area contributed by atoms with Crippen molar-refractivity contribution < 1.29 is 0 Å². The number of halogens is 1. The van der Waals surface area contributed by atoms with Gasteiger partial charge < -0.3 is 0 Å². The fourth-order valence-corrected chi connectivity index (χ4v) is 5.37. The Hall–Kier alpha value is -3.60. The van der Waals surface area contributed by atoms with Crippen LogP contribution in [0.3, 0.4) is 0 Å². The van der Waals surface area contributed by atoms with Gasteiger partial charge in [0.15, 0.2) is 11.6 Å². The van der Waals surface area contributed by atoms with E-state index < -0.39 is 0 Å². The first-order chi connectivity index (χ1) is 15.8. The molecule has 0 unspecified atom stereocenters. The molecule has 0 aliphatic rings.